The van der Waals surface area contributed by atoms with Crippen LogP contribution < -0.4 is 0 Å². The van der Waals surface area contributed by atoms with Crippen LogP contribution in [0.3, 0.4) is 0 Å². The summed E-state index contributed by atoms with van der Waals surface area (Å²) in [6.07, 6.45) is 1.81. The summed E-state index contributed by atoms with van der Waals surface area (Å²) in [5.74, 6) is -0.469. The molecule has 0 amide bonds. The number of nitrogens with zero attached hydrogens (tertiary/aromatic N) is 1. The van der Waals surface area contributed by atoms with Crippen molar-refractivity contribution < 1.29 is 9.90 Å². The van der Waals surface area contributed by atoms with Crippen molar-refractivity contribution in [2.75, 3.05) is 13.1 Å². The Morgan fingerprint density at radius 3 is 2.35 bits per heavy atom. The van der Waals surface area contributed by atoms with Gasteiger partial charge in [-0.3, -0.25) is 9.69 Å². The van der Waals surface area contributed by atoms with Gasteiger partial charge in [-0.1, -0.05) is 45.0 Å². The van der Waals surface area contributed by atoms with Crippen molar-refractivity contribution in [3.63, 3.8) is 0 Å². The van der Waals surface area contributed by atoms with Crippen molar-refractivity contribution >= 4 is 5.97 Å². The largest absolute Gasteiger partial charge is 0.481 e. The lowest BCUT2D eigenvalue weighted by Gasteiger charge is -2.28. The van der Waals surface area contributed by atoms with E-state index in [1.54, 1.807) is 0 Å². The molecular formula is C17H25NO2. The highest BCUT2D eigenvalue weighted by Crippen LogP contribution is 2.38. The van der Waals surface area contributed by atoms with Crippen LogP contribution in [0.5, 0.6) is 0 Å². The monoisotopic (exact) mass is 275 g/mol. The Labute approximate surface area is 121 Å². The second kappa shape index (κ2) is 5.96. The minimum absolute atomic E-state index is 0.174. The Morgan fingerprint density at radius 2 is 1.90 bits per heavy atom. The van der Waals surface area contributed by atoms with Crippen LogP contribution in [0.2, 0.25) is 0 Å². The fourth-order valence-electron chi connectivity index (χ4n) is 3.08. The zero-order valence-electron chi connectivity index (χ0n) is 12.7. The molecule has 1 aliphatic rings. The molecule has 20 heavy (non-hydrogen) atoms. The number of benzene rings is 1. The summed E-state index contributed by atoms with van der Waals surface area (Å²) in [5, 5.41) is 9.56. The fraction of sp³-hybridized carbons (Fsp3) is 0.588. The average molecular weight is 275 g/mol. The Hall–Kier alpha value is -1.35. The van der Waals surface area contributed by atoms with Gasteiger partial charge >= 0.3 is 5.97 Å². The number of hydrogen-bond acceptors (Lipinski definition) is 2. The van der Waals surface area contributed by atoms with Gasteiger partial charge in [0.25, 0.3) is 0 Å². The van der Waals surface area contributed by atoms with Gasteiger partial charge in [0.05, 0.1) is 5.41 Å². The van der Waals surface area contributed by atoms with E-state index in [9.17, 15) is 9.90 Å². The molecule has 1 heterocycles. The Balaban J connectivity index is 2.03. The maximum absolute atomic E-state index is 11.6. The molecular weight excluding hydrogens is 250 g/mol. The zero-order valence-corrected chi connectivity index (χ0v) is 12.7. The lowest BCUT2D eigenvalue weighted by molar-refractivity contribution is -0.151. The summed E-state index contributed by atoms with van der Waals surface area (Å²) in [6, 6.07) is 8.65. The van der Waals surface area contributed by atoms with E-state index in [0.717, 1.165) is 25.9 Å². The van der Waals surface area contributed by atoms with Gasteiger partial charge in [-0.2, -0.15) is 0 Å². The summed E-state index contributed by atoms with van der Waals surface area (Å²) in [5.41, 5.74) is 2.05. The highest BCUT2D eigenvalue weighted by Gasteiger charge is 2.46. The molecule has 0 bridgehead atoms. The number of aliphatic carboxylic acids is 1. The molecule has 1 fully saturated rings. The van der Waals surface area contributed by atoms with E-state index in [1.807, 2.05) is 13.8 Å². The van der Waals surface area contributed by atoms with Crippen LogP contribution in [0.1, 0.15) is 38.3 Å². The van der Waals surface area contributed by atoms with E-state index in [-0.39, 0.29) is 5.92 Å². The molecule has 1 aromatic carbocycles. The molecule has 0 spiro atoms. The van der Waals surface area contributed by atoms with E-state index in [4.69, 9.17) is 0 Å². The number of carboxylic acids is 1. The minimum Gasteiger partial charge on any atom is -0.481 e. The third-order valence-electron chi connectivity index (χ3n) is 4.75. The van der Waals surface area contributed by atoms with Crippen LogP contribution >= 0.6 is 0 Å². The van der Waals surface area contributed by atoms with Gasteiger partial charge in [0.2, 0.25) is 0 Å². The topological polar surface area (TPSA) is 40.5 Å². The van der Waals surface area contributed by atoms with Crippen molar-refractivity contribution in [3.8, 4) is 0 Å². The van der Waals surface area contributed by atoms with E-state index in [1.165, 1.54) is 11.1 Å². The molecule has 0 saturated carbocycles. The molecule has 0 radical (unpaired) electrons. The van der Waals surface area contributed by atoms with Gasteiger partial charge in [0, 0.05) is 13.1 Å². The molecule has 1 N–H and O–H groups in total. The molecule has 110 valence electrons. The normalized spacial score (nSPS) is 23.4. The Bertz CT molecular complexity index is 466. The van der Waals surface area contributed by atoms with Crippen molar-refractivity contribution in [1.82, 2.24) is 4.90 Å². The first-order valence-electron chi connectivity index (χ1n) is 7.51. The molecule has 1 atom stereocenters. The molecule has 1 aromatic rings. The molecule has 3 nitrogen and oxygen atoms in total. The first-order valence-corrected chi connectivity index (χ1v) is 7.51. The third kappa shape index (κ3) is 2.88. The first kappa shape index (κ1) is 15.0. The highest BCUT2D eigenvalue weighted by atomic mass is 16.4. The number of carbonyl (C=O) groups is 1. The zero-order chi connectivity index (χ0) is 14.8. The van der Waals surface area contributed by atoms with Crippen molar-refractivity contribution in [1.29, 1.82) is 0 Å². The lowest BCUT2D eigenvalue weighted by Crippen LogP contribution is -2.39. The Morgan fingerprint density at radius 1 is 1.30 bits per heavy atom. The SMILES string of the molecule is CCc1ccc(CN2CCC(C(=O)O)(C(C)C)C2)cc1. The summed E-state index contributed by atoms with van der Waals surface area (Å²) in [6.45, 7) is 8.59. The van der Waals surface area contributed by atoms with E-state index < -0.39 is 11.4 Å². The summed E-state index contributed by atoms with van der Waals surface area (Å²) >= 11 is 0. The lowest BCUT2D eigenvalue weighted by atomic mass is 9.76. The molecule has 0 aliphatic carbocycles. The number of carboxylic acid groups (broad SMARTS) is 1. The predicted octanol–water partition coefficient (Wildman–Crippen LogP) is 3.18. The summed E-state index contributed by atoms with van der Waals surface area (Å²) < 4.78 is 0. The number of hydrogen-bond donors (Lipinski definition) is 1. The predicted molar refractivity (Wildman–Crippen MR) is 80.6 cm³/mol. The van der Waals surface area contributed by atoms with Crippen molar-refractivity contribution in [2.24, 2.45) is 11.3 Å². The molecule has 1 aliphatic heterocycles. The van der Waals surface area contributed by atoms with Crippen LogP contribution in [0.25, 0.3) is 0 Å². The molecule has 0 aromatic heterocycles. The standard InChI is InChI=1S/C17H25NO2/c1-4-14-5-7-15(8-6-14)11-18-10-9-17(12-18,13(2)3)16(19)20/h5-8,13H,4,9-12H2,1-3H3,(H,19,20). The first-order chi connectivity index (χ1) is 9.48. The number of rotatable bonds is 5. The average Bonchev–Trinajstić information content (AvgIpc) is 2.85. The maximum Gasteiger partial charge on any atom is 0.311 e. The van der Waals surface area contributed by atoms with Crippen molar-refractivity contribution in [3.05, 3.63) is 35.4 Å². The molecule has 1 unspecified atom stereocenters. The van der Waals surface area contributed by atoms with Gasteiger partial charge in [0.1, 0.15) is 0 Å². The molecule has 3 heteroatoms. The summed E-state index contributed by atoms with van der Waals surface area (Å²) in [7, 11) is 0. The van der Waals surface area contributed by atoms with Crippen LogP contribution in [0.4, 0.5) is 0 Å². The fourth-order valence-corrected chi connectivity index (χ4v) is 3.08. The van der Waals surface area contributed by atoms with Gasteiger partial charge in [0.15, 0.2) is 0 Å². The second-order valence-electron chi connectivity index (χ2n) is 6.25. The van der Waals surface area contributed by atoms with E-state index >= 15 is 0 Å². The van der Waals surface area contributed by atoms with Crippen LogP contribution in [-0.2, 0) is 17.8 Å². The summed E-state index contributed by atoms with van der Waals surface area (Å²) in [4.78, 5) is 13.9. The van der Waals surface area contributed by atoms with Gasteiger partial charge in [-0.25, -0.2) is 0 Å². The van der Waals surface area contributed by atoms with Gasteiger partial charge < -0.3 is 5.11 Å². The van der Waals surface area contributed by atoms with Gasteiger partial charge in [-0.05, 0) is 36.4 Å². The van der Waals surface area contributed by atoms with E-state index in [2.05, 4.69) is 36.1 Å². The quantitative estimate of drug-likeness (QED) is 0.897. The Kier molecular flexibility index (Phi) is 4.48. The van der Waals surface area contributed by atoms with Gasteiger partial charge in [-0.15, -0.1) is 0 Å². The third-order valence-corrected chi connectivity index (χ3v) is 4.75. The minimum atomic E-state index is -0.642. The second-order valence-corrected chi connectivity index (χ2v) is 6.25. The molecule has 1 saturated heterocycles. The maximum atomic E-state index is 11.6. The van der Waals surface area contributed by atoms with Crippen LogP contribution in [0, 0.1) is 11.3 Å². The smallest absolute Gasteiger partial charge is 0.311 e. The van der Waals surface area contributed by atoms with Crippen molar-refractivity contribution in [2.45, 2.75) is 40.2 Å². The molecule has 2 rings (SSSR count). The number of aryl methyl sites for hydroxylation is 1. The highest BCUT2D eigenvalue weighted by molar-refractivity contribution is 5.75. The number of likely N-dealkylation sites (tertiary alicyclic amines) is 1. The van der Waals surface area contributed by atoms with E-state index in [0.29, 0.717) is 6.54 Å². The van der Waals surface area contributed by atoms with Crippen LogP contribution in [0.15, 0.2) is 24.3 Å². The van der Waals surface area contributed by atoms with Crippen LogP contribution in [-0.4, -0.2) is 29.1 Å².